The first-order chi connectivity index (χ1) is 19.7. The highest BCUT2D eigenvalue weighted by molar-refractivity contribution is 7.89. The van der Waals surface area contributed by atoms with E-state index < -0.39 is 28.5 Å². The SMILES string of the molecule is O=C(CNS(=O)(=O)c1ccc(Cl)c(Cl)c1)NCC(C(=O)N1CCCCC1)N(C(=O)C1CCNCC1)c1ccncc1. The van der Waals surface area contributed by atoms with Crippen LogP contribution < -0.4 is 20.3 Å². The number of hydrogen-bond donors (Lipinski definition) is 3. The second-order valence-corrected chi connectivity index (χ2v) is 12.6. The second kappa shape index (κ2) is 14.4. The summed E-state index contributed by atoms with van der Waals surface area (Å²) in [6.07, 6.45) is 7.11. The Balaban J connectivity index is 1.53. The molecule has 4 rings (SSSR count). The van der Waals surface area contributed by atoms with Gasteiger partial charge in [-0.2, -0.15) is 0 Å². The average Bonchev–Trinajstić information content (AvgIpc) is 3.00. The van der Waals surface area contributed by atoms with Gasteiger partial charge in [0.05, 0.1) is 21.5 Å². The number of hydrogen-bond acceptors (Lipinski definition) is 7. The minimum Gasteiger partial charge on any atom is -0.352 e. The molecule has 14 heteroatoms. The van der Waals surface area contributed by atoms with Gasteiger partial charge in [-0.15, -0.1) is 0 Å². The number of piperidine rings is 2. The van der Waals surface area contributed by atoms with E-state index in [1.165, 1.54) is 23.1 Å². The molecule has 0 radical (unpaired) electrons. The molecule has 2 aliphatic rings. The zero-order valence-electron chi connectivity index (χ0n) is 22.5. The summed E-state index contributed by atoms with van der Waals surface area (Å²) in [5.41, 5.74) is 0.508. The maximum absolute atomic E-state index is 13.9. The maximum Gasteiger partial charge on any atom is 0.247 e. The molecular weight excluding hydrogens is 591 g/mol. The molecule has 3 N–H and O–H groups in total. The molecule has 0 saturated carbocycles. The van der Waals surface area contributed by atoms with Crippen molar-refractivity contribution in [3.63, 3.8) is 0 Å². The van der Waals surface area contributed by atoms with E-state index in [2.05, 4.69) is 20.3 Å². The van der Waals surface area contributed by atoms with Crippen molar-refractivity contribution < 1.29 is 22.8 Å². The zero-order chi connectivity index (χ0) is 29.4. The summed E-state index contributed by atoms with van der Waals surface area (Å²) in [6, 6.07) is 6.14. The summed E-state index contributed by atoms with van der Waals surface area (Å²) >= 11 is 11.8. The van der Waals surface area contributed by atoms with Crippen molar-refractivity contribution >= 4 is 56.6 Å². The predicted octanol–water partition coefficient (Wildman–Crippen LogP) is 2.20. The Kier molecular flexibility index (Phi) is 11.0. The van der Waals surface area contributed by atoms with Gasteiger partial charge >= 0.3 is 0 Å². The summed E-state index contributed by atoms with van der Waals surface area (Å²) in [7, 11) is -4.06. The van der Waals surface area contributed by atoms with Gasteiger partial charge in [-0.05, 0) is 75.5 Å². The number of halogens is 2. The molecule has 1 atom stereocenters. The Bertz CT molecular complexity index is 1330. The van der Waals surface area contributed by atoms with Crippen LogP contribution in [0.25, 0.3) is 0 Å². The highest BCUT2D eigenvalue weighted by Crippen LogP contribution is 2.26. The van der Waals surface area contributed by atoms with Crippen LogP contribution in [-0.4, -0.2) is 81.3 Å². The fourth-order valence-electron chi connectivity index (χ4n) is 5.01. The van der Waals surface area contributed by atoms with Crippen LogP contribution in [0.5, 0.6) is 0 Å². The Morgan fingerprint density at radius 2 is 1.71 bits per heavy atom. The van der Waals surface area contributed by atoms with Crippen LogP contribution >= 0.6 is 23.2 Å². The first-order valence-electron chi connectivity index (χ1n) is 13.6. The Labute approximate surface area is 250 Å². The number of carbonyl (C=O) groups excluding carboxylic acids is 3. The quantitative estimate of drug-likeness (QED) is 0.368. The molecule has 0 aliphatic carbocycles. The Morgan fingerprint density at radius 3 is 2.37 bits per heavy atom. The van der Waals surface area contributed by atoms with E-state index in [-0.39, 0.29) is 39.2 Å². The number of anilines is 1. The van der Waals surface area contributed by atoms with E-state index in [1.54, 1.807) is 29.4 Å². The lowest BCUT2D eigenvalue weighted by atomic mass is 9.95. The van der Waals surface area contributed by atoms with Crippen LogP contribution in [0, 0.1) is 5.92 Å². The van der Waals surface area contributed by atoms with Gasteiger partial charge in [0.2, 0.25) is 27.7 Å². The first-order valence-corrected chi connectivity index (χ1v) is 15.9. The van der Waals surface area contributed by atoms with Crippen LogP contribution in [-0.2, 0) is 24.4 Å². The fraction of sp³-hybridized carbons (Fsp3) is 0.481. The normalized spacial score (nSPS) is 17.1. The number of benzene rings is 1. The van der Waals surface area contributed by atoms with Gasteiger partial charge in [0.1, 0.15) is 6.04 Å². The lowest BCUT2D eigenvalue weighted by molar-refractivity contribution is -0.136. The number of amides is 3. The Morgan fingerprint density at radius 1 is 1.02 bits per heavy atom. The van der Waals surface area contributed by atoms with E-state index in [1.807, 2.05) is 0 Å². The number of pyridine rings is 1. The minimum atomic E-state index is -4.06. The van der Waals surface area contributed by atoms with Gasteiger partial charge in [-0.3, -0.25) is 24.3 Å². The van der Waals surface area contributed by atoms with Crippen molar-refractivity contribution in [3.05, 3.63) is 52.8 Å². The van der Waals surface area contributed by atoms with E-state index in [9.17, 15) is 22.8 Å². The molecule has 222 valence electrons. The van der Waals surface area contributed by atoms with E-state index >= 15 is 0 Å². The van der Waals surface area contributed by atoms with Gasteiger partial charge in [0.25, 0.3) is 0 Å². The topological polar surface area (TPSA) is 141 Å². The predicted molar refractivity (Wildman–Crippen MR) is 156 cm³/mol. The molecule has 2 fully saturated rings. The summed E-state index contributed by atoms with van der Waals surface area (Å²) in [5, 5.41) is 6.19. The van der Waals surface area contributed by atoms with Gasteiger partial charge in [-0.25, -0.2) is 13.1 Å². The van der Waals surface area contributed by atoms with Crippen LogP contribution in [0.1, 0.15) is 32.1 Å². The average molecular weight is 626 g/mol. The van der Waals surface area contributed by atoms with Crippen LogP contribution in [0.2, 0.25) is 10.0 Å². The number of rotatable bonds is 10. The van der Waals surface area contributed by atoms with Crippen LogP contribution in [0.4, 0.5) is 5.69 Å². The monoisotopic (exact) mass is 624 g/mol. The number of aromatic nitrogens is 1. The van der Waals surface area contributed by atoms with Crippen molar-refractivity contribution in [2.45, 2.75) is 43.0 Å². The number of likely N-dealkylation sites (tertiary alicyclic amines) is 1. The van der Waals surface area contributed by atoms with E-state index in [0.29, 0.717) is 44.7 Å². The Hall–Kier alpha value is -2.77. The smallest absolute Gasteiger partial charge is 0.247 e. The van der Waals surface area contributed by atoms with E-state index in [0.717, 1.165) is 19.3 Å². The van der Waals surface area contributed by atoms with Crippen LogP contribution in [0.3, 0.4) is 0 Å². The van der Waals surface area contributed by atoms with Gasteiger partial charge in [-0.1, -0.05) is 23.2 Å². The van der Waals surface area contributed by atoms with Crippen LogP contribution in [0.15, 0.2) is 47.6 Å². The molecular formula is C27H34Cl2N6O5S. The largest absolute Gasteiger partial charge is 0.352 e. The van der Waals surface area contributed by atoms with Crippen molar-refractivity contribution in [2.24, 2.45) is 5.92 Å². The molecule has 2 aliphatic heterocycles. The number of carbonyl (C=O) groups is 3. The first kappa shape index (κ1) is 31.2. The number of nitrogens with zero attached hydrogens (tertiary/aromatic N) is 3. The number of nitrogens with one attached hydrogen (secondary N) is 3. The molecule has 11 nitrogen and oxygen atoms in total. The fourth-order valence-corrected chi connectivity index (χ4v) is 6.38. The van der Waals surface area contributed by atoms with Crippen molar-refractivity contribution in [1.29, 1.82) is 0 Å². The highest BCUT2D eigenvalue weighted by Gasteiger charge is 2.38. The minimum absolute atomic E-state index is 0.0627. The molecule has 2 aromatic rings. The highest BCUT2D eigenvalue weighted by atomic mass is 35.5. The summed E-state index contributed by atoms with van der Waals surface area (Å²) < 4.78 is 27.6. The van der Waals surface area contributed by atoms with E-state index in [4.69, 9.17) is 23.2 Å². The van der Waals surface area contributed by atoms with Crippen molar-refractivity contribution in [1.82, 2.24) is 25.2 Å². The molecule has 41 heavy (non-hydrogen) atoms. The third-order valence-electron chi connectivity index (χ3n) is 7.25. The summed E-state index contributed by atoms with van der Waals surface area (Å²) in [6.45, 7) is 1.76. The lowest BCUT2D eigenvalue weighted by Crippen LogP contribution is -2.58. The molecule has 3 amide bonds. The van der Waals surface area contributed by atoms with Gasteiger partial charge in [0, 0.05) is 43.6 Å². The van der Waals surface area contributed by atoms with Gasteiger partial charge in [0.15, 0.2) is 0 Å². The van der Waals surface area contributed by atoms with Gasteiger partial charge < -0.3 is 15.5 Å². The summed E-state index contributed by atoms with van der Waals surface area (Å²) in [4.78, 5) is 47.8. The molecule has 1 unspecified atom stereocenters. The number of sulfonamides is 1. The second-order valence-electron chi connectivity index (χ2n) is 10.0. The maximum atomic E-state index is 13.9. The molecule has 0 spiro atoms. The molecule has 1 aromatic carbocycles. The lowest BCUT2D eigenvalue weighted by Gasteiger charge is -2.38. The molecule has 0 bridgehead atoms. The third kappa shape index (κ3) is 8.16. The third-order valence-corrected chi connectivity index (χ3v) is 9.39. The molecule has 1 aromatic heterocycles. The molecule has 2 saturated heterocycles. The zero-order valence-corrected chi connectivity index (χ0v) is 24.8. The van der Waals surface area contributed by atoms with Crippen molar-refractivity contribution in [3.8, 4) is 0 Å². The van der Waals surface area contributed by atoms with Crippen molar-refractivity contribution in [2.75, 3.05) is 44.2 Å². The molecule has 3 heterocycles. The standard InChI is InChI=1S/C27H34Cl2N6O5S/c28-22-5-4-21(16-23(22)29)41(39,40)33-18-25(36)32-17-24(27(38)34-14-2-1-3-15-34)35(20-8-12-31-13-9-20)26(37)19-6-10-30-11-7-19/h4-5,8-9,12-13,16,19,24,30,33H,1-3,6-7,10-11,14-15,17-18H2,(H,32,36). The summed E-state index contributed by atoms with van der Waals surface area (Å²) in [5.74, 6) is -1.40.